The average molecular weight is 279 g/mol. The van der Waals surface area contributed by atoms with Crippen molar-refractivity contribution in [3.8, 4) is 6.07 Å². The van der Waals surface area contributed by atoms with Crippen LogP contribution in [0.15, 0.2) is 24.3 Å². The molecule has 0 spiro atoms. The van der Waals surface area contributed by atoms with E-state index in [-0.39, 0.29) is 12.0 Å². The first-order valence-electron chi connectivity index (χ1n) is 6.14. The first-order chi connectivity index (χ1) is 9.04. The number of carboxylic acid groups (broad SMARTS) is 1. The predicted octanol–water partition coefficient (Wildman–Crippen LogP) is 2.92. The van der Waals surface area contributed by atoms with Crippen molar-refractivity contribution in [3.05, 3.63) is 29.3 Å². The number of benzene rings is 1. The van der Waals surface area contributed by atoms with Gasteiger partial charge in [0.15, 0.2) is 0 Å². The summed E-state index contributed by atoms with van der Waals surface area (Å²) in [4.78, 5) is 12.8. The number of halogens is 1. The third kappa shape index (κ3) is 3.62. The van der Waals surface area contributed by atoms with Crippen LogP contribution in [0.25, 0.3) is 0 Å². The molecule has 0 atom stereocenters. The summed E-state index contributed by atoms with van der Waals surface area (Å²) in [5, 5.41) is 18.4. The molecular formula is C14H15ClN2O2. The van der Waals surface area contributed by atoms with Crippen molar-refractivity contribution in [3.63, 3.8) is 0 Å². The summed E-state index contributed by atoms with van der Waals surface area (Å²) in [7, 11) is 0. The number of nitriles is 1. The van der Waals surface area contributed by atoms with Crippen molar-refractivity contribution in [2.75, 3.05) is 18.0 Å². The van der Waals surface area contributed by atoms with Crippen molar-refractivity contribution in [1.82, 2.24) is 0 Å². The number of rotatable bonds is 6. The van der Waals surface area contributed by atoms with E-state index in [0.29, 0.717) is 18.0 Å². The maximum Gasteiger partial charge on any atom is 0.323 e. The van der Waals surface area contributed by atoms with E-state index in [1.165, 1.54) is 0 Å². The van der Waals surface area contributed by atoms with Gasteiger partial charge in [-0.15, -0.1) is 0 Å². The standard InChI is InChI=1S/C14H15ClN2O2/c15-11-2-1-3-12(8-11)17(9-13(18)19)10-14(4-5-14)6-7-16/h1-3,8H,4-6,9-10H2,(H,18,19). The van der Waals surface area contributed by atoms with E-state index in [4.69, 9.17) is 22.0 Å². The maximum atomic E-state index is 11.0. The number of carboxylic acids is 1. The molecule has 0 aliphatic heterocycles. The van der Waals surface area contributed by atoms with Gasteiger partial charge in [0.05, 0.1) is 6.07 Å². The van der Waals surface area contributed by atoms with E-state index in [1.807, 2.05) is 6.07 Å². The van der Waals surface area contributed by atoms with Gasteiger partial charge in [-0.3, -0.25) is 4.79 Å². The van der Waals surface area contributed by atoms with Gasteiger partial charge >= 0.3 is 5.97 Å². The topological polar surface area (TPSA) is 64.3 Å². The third-order valence-corrected chi connectivity index (χ3v) is 3.67. The molecule has 100 valence electrons. The molecule has 1 aliphatic rings. The van der Waals surface area contributed by atoms with Crippen LogP contribution in [0.3, 0.4) is 0 Å². The zero-order chi connectivity index (χ0) is 13.9. The molecule has 0 amide bonds. The van der Waals surface area contributed by atoms with E-state index in [9.17, 15) is 4.79 Å². The molecule has 5 heteroatoms. The molecule has 1 saturated carbocycles. The molecule has 0 radical (unpaired) electrons. The van der Waals surface area contributed by atoms with Crippen LogP contribution in [0.1, 0.15) is 19.3 Å². The van der Waals surface area contributed by atoms with E-state index in [0.717, 1.165) is 18.5 Å². The SMILES string of the molecule is N#CCC1(CN(CC(=O)O)c2cccc(Cl)c2)CC1. The van der Waals surface area contributed by atoms with Crippen LogP contribution >= 0.6 is 11.6 Å². The lowest BCUT2D eigenvalue weighted by Crippen LogP contribution is -2.35. The molecule has 1 aromatic rings. The highest BCUT2D eigenvalue weighted by atomic mass is 35.5. The normalized spacial score (nSPS) is 15.6. The molecule has 2 rings (SSSR count). The predicted molar refractivity (Wildman–Crippen MR) is 73.2 cm³/mol. The Balaban J connectivity index is 2.17. The van der Waals surface area contributed by atoms with Crippen LogP contribution in [0.2, 0.25) is 5.02 Å². The Morgan fingerprint density at radius 2 is 2.26 bits per heavy atom. The van der Waals surface area contributed by atoms with Gasteiger partial charge in [0.1, 0.15) is 6.54 Å². The van der Waals surface area contributed by atoms with Crippen molar-refractivity contribution in [2.24, 2.45) is 5.41 Å². The summed E-state index contributed by atoms with van der Waals surface area (Å²) >= 11 is 5.95. The highest BCUT2D eigenvalue weighted by Gasteiger charge is 2.44. The first kappa shape index (κ1) is 13.7. The Bertz CT molecular complexity index is 520. The molecule has 0 bridgehead atoms. The number of hydrogen-bond acceptors (Lipinski definition) is 3. The molecule has 0 unspecified atom stereocenters. The second-order valence-corrected chi connectivity index (χ2v) is 5.50. The monoisotopic (exact) mass is 278 g/mol. The fourth-order valence-corrected chi connectivity index (χ4v) is 2.40. The lowest BCUT2D eigenvalue weighted by Gasteiger charge is -2.27. The highest BCUT2D eigenvalue weighted by Crippen LogP contribution is 2.49. The molecule has 0 saturated heterocycles. The molecule has 1 fully saturated rings. The quantitative estimate of drug-likeness (QED) is 0.869. The molecule has 0 heterocycles. The smallest absolute Gasteiger partial charge is 0.323 e. The second-order valence-electron chi connectivity index (χ2n) is 5.06. The van der Waals surface area contributed by atoms with Crippen molar-refractivity contribution < 1.29 is 9.90 Å². The molecule has 1 aromatic carbocycles. The summed E-state index contributed by atoms with van der Waals surface area (Å²) in [5.41, 5.74) is 0.756. The number of hydrogen-bond donors (Lipinski definition) is 1. The van der Waals surface area contributed by atoms with Gasteiger partial charge in [-0.2, -0.15) is 5.26 Å². The summed E-state index contributed by atoms with van der Waals surface area (Å²) in [5.74, 6) is -0.882. The minimum atomic E-state index is -0.882. The molecule has 4 nitrogen and oxygen atoms in total. The van der Waals surface area contributed by atoms with E-state index < -0.39 is 5.97 Å². The summed E-state index contributed by atoms with van der Waals surface area (Å²) < 4.78 is 0. The van der Waals surface area contributed by atoms with Crippen LogP contribution in [0, 0.1) is 16.7 Å². The van der Waals surface area contributed by atoms with Gasteiger partial charge in [0.2, 0.25) is 0 Å². The fraction of sp³-hybridized carbons (Fsp3) is 0.429. The van der Waals surface area contributed by atoms with Crippen molar-refractivity contribution >= 4 is 23.3 Å². The minimum absolute atomic E-state index is 0.0352. The van der Waals surface area contributed by atoms with Crippen LogP contribution in [0.4, 0.5) is 5.69 Å². The van der Waals surface area contributed by atoms with Crippen LogP contribution < -0.4 is 4.90 Å². The maximum absolute atomic E-state index is 11.0. The van der Waals surface area contributed by atoms with E-state index >= 15 is 0 Å². The largest absolute Gasteiger partial charge is 0.480 e. The minimum Gasteiger partial charge on any atom is -0.480 e. The summed E-state index contributed by atoms with van der Waals surface area (Å²) in [6.45, 7) is 0.515. The Hall–Kier alpha value is -1.73. The number of anilines is 1. The Kier molecular flexibility index (Phi) is 3.96. The van der Waals surface area contributed by atoms with Crippen molar-refractivity contribution in [2.45, 2.75) is 19.3 Å². The average Bonchev–Trinajstić information content (AvgIpc) is 3.08. The Labute approximate surface area is 117 Å². The molecular weight excluding hydrogens is 264 g/mol. The Morgan fingerprint density at radius 3 is 2.79 bits per heavy atom. The first-order valence-corrected chi connectivity index (χ1v) is 6.52. The molecule has 19 heavy (non-hydrogen) atoms. The summed E-state index contributed by atoms with van der Waals surface area (Å²) in [6, 6.07) is 9.35. The highest BCUT2D eigenvalue weighted by molar-refractivity contribution is 6.30. The fourth-order valence-electron chi connectivity index (χ4n) is 2.21. The lowest BCUT2D eigenvalue weighted by atomic mass is 10.0. The summed E-state index contributed by atoms with van der Waals surface area (Å²) in [6.07, 6.45) is 2.44. The van der Waals surface area contributed by atoms with Gasteiger partial charge < -0.3 is 10.0 Å². The number of aliphatic carboxylic acids is 1. The number of nitrogens with zero attached hydrogens (tertiary/aromatic N) is 2. The Morgan fingerprint density at radius 1 is 1.53 bits per heavy atom. The van der Waals surface area contributed by atoms with Gasteiger partial charge in [-0.05, 0) is 31.0 Å². The zero-order valence-corrected chi connectivity index (χ0v) is 11.2. The van der Waals surface area contributed by atoms with Gasteiger partial charge in [-0.1, -0.05) is 17.7 Å². The zero-order valence-electron chi connectivity index (χ0n) is 10.5. The molecule has 1 N–H and O–H groups in total. The second kappa shape index (κ2) is 5.50. The van der Waals surface area contributed by atoms with Gasteiger partial charge in [-0.25, -0.2) is 0 Å². The van der Waals surface area contributed by atoms with Gasteiger partial charge in [0, 0.05) is 29.1 Å². The molecule has 0 aromatic heterocycles. The van der Waals surface area contributed by atoms with E-state index in [2.05, 4.69) is 6.07 Å². The van der Waals surface area contributed by atoms with Gasteiger partial charge in [0.25, 0.3) is 0 Å². The number of carbonyl (C=O) groups is 1. The van der Waals surface area contributed by atoms with Crippen LogP contribution in [-0.2, 0) is 4.79 Å². The third-order valence-electron chi connectivity index (χ3n) is 3.44. The van der Waals surface area contributed by atoms with Crippen LogP contribution in [0.5, 0.6) is 0 Å². The van der Waals surface area contributed by atoms with Crippen LogP contribution in [-0.4, -0.2) is 24.2 Å². The van der Waals surface area contributed by atoms with Crippen molar-refractivity contribution in [1.29, 1.82) is 5.26 Å². The molecule has 1 aliphatic carbocycles. The van der Waals surface area contributed by atoms with E-state index in [1.54, 1.807) is 23.1 Å². The lowest BCUT2D eigenvalue weighted by molar-refractivity contribution is -0.135.